The first-order chi connectivity index (χ1) is 6.32. The minimum absolute atomic E-state index is 0.122. The van der Waals surface area contributed by atoms with E-state index in [2.05, 4.69) is 20.9 Å². The van der Waals surface area contributed by atoms with Gasteiger partial charge < -0.3 is 0 Å². The van der Waals surface area contributed by atoms with Crippen LogP contribution in [0.3, 0.4) is 0 Å². The molecule has 0 aromatic carbocycles. The fourth-order valence-corrected chi connectivity index (χ4v) is 2.15. The molecule has 0 radical (unpaired) electrons. The summed E-state index contributed by atoms with van der Waals surface area (Å²) in [6.45, 7) is 0. The third-order valence-corrected chi connectivity index (χ3v) is 3.16. The number of hydrogen-bond acceptors (Lipinski definition) is 3. The van der Waals surface area contributed by atoms with E-state index in [-0.39, 0.29) is 4.60 Å². The summed E-state index contributed by atoms with van der Waals surface area (Å²) < 4.78 is 46.5. The van der Waals surface area contributed by atoms with Gasteiger partial charge in [-0.25, -0.2) is 22.2 Å². The Balaban J connectivity index is 3.45. The van der Waals surface area contributed by atoms with E-state index in [1.807, 2.05) is 0 Å². The van der Waals surface area contributed by atoms with Gasteiger partial charge in [-0.05, 0) is 22.0 Å². The first-order valence-corrected chi connectivity index (χ1v) is 6.31. The van der Waals surface area contributed by atoms with Crippen molar-refractivity contribution in [2.45, 2.75) is 11.3 Å². The highest BCUT2D eigenvalue weighted by molar-refractivity contribution is 9.10. The molecule has 0 aliphatic carbocycles. The molecule has 0 saturated carbocycles. The average Bonchev–Trinajstić information content (AvgIpc) is 2.01. The average molecular weight is 307 g/mol. The minimum atomic E-state index is -4.19. The Kier molecular flexibility index (Phi) is 3.44. The van der Waals surface area contributed by atoms with Crippen molar-refractivity contribution in [3.05, 3.63) is 22.4 Å². The fourth-order valence-electron chi connectivity index (χ4n) is 0.806. The van der Waals surface area contributed by atoms with Crippen molar-refractivity contribution in [2.24, 2.45) is 0 Å². The molecular weight excluding hydrogens is 303 g/mol. The highest BCUT2D eigenvalue weighted by atomic mass is 79.9. The van der Waals surface area contributed by atoms with Gasteiger partial charge in [0.2, 0.25) is 0 Å². The number of halogens is 4. The highest BCUT2D eigenvalue weighted by Crippen LogP contribution is 2.29. The van der Waals surface area contributed by atoms with E-state index in [1.54, 1.807) is 0 Å². The smallest absolute Gasteiger partial charge is 0.248 e. The number of alkyl halides is 2. The van der Waals surface area contributed by atoms with Gasteiger partial charge in [-0.3, -0.25) is 0 Å². The molecule has 0 amide bonds. The molecule has 1 aromatic rings. The van der Waals surface area contributed by atoms with Crippen LogP contribution in [0, 0.1) is 0 Å². The molecule has 3 nitrogen and oxygen atoms in total. The number of nitrogens with zero attached hydrogens (tertiary/aromatic N) is 1. The normalized spacial score (nSPS) is 12.1. The first-order valence-electron chi connectivity index (χ1n) is 3.20. The molecule has 8 heteroatoms. The molecule has 0 fully saturated rings. The van der Waals surface area contributed by atoms with Gasteiger partial charge in [0, 0.05) is 22.4 Å². The molecule has 0 saturated heterocycles. The number of hydrogen-bond donors (Lipinski definition) is 0. The molecule has 14 heavy (non-hydrogen) atoms. The molecule has 0 aliphatic rings. The molecule has 1 rings (SSSR count). The van der Waals surface area contributed by atoms with E-state index < -0.39 is 25.9 Å². The molecule has 0 bridgehead atoms. The van der Waals surface area contributed by atoms with E-state index in [4.69, 9.17) is 10.7 Å². The summed E-state index contributed by atoms with van der Waals surface area (Å²) in [5, 5.41) is 0. The standard InChI is InChI=1S/C6H3BrClF2NO2S/c7-5-1-3(6(9)10)4(2-11-5)14(8,12)13/h1-2,6H. The topological polar surface area (TPSA) is 47.0 Å². The predicted molar refractivity (Wildman–Crippen MR) is 49.9 cm³/mol. The van der Waals surface area contributed by atoms with Crippen LogP contribution in [0.5, 0.6) is 0 Å². The summed E-state index contributed by atoms with van der Waals surface area (Å²) in [4.78, 5) is 2.84. The van der Waals surface area contributed by atoms with Crippen molar-refractivity contribution in [1.82, 2.24) is 4.98 Å². The lowest BCUT2D eigenvalue weighted by atomic mass is 10.3. The van der Waals surface area contributed by atoms with Gasteiger partial charge in [0.05, 0.1) is 0 Å². The molecule has 0 aliphatic heterocycles. The van der Waals surface area contributed by atoms with Crippen LogP contribution in [0.25, 0.3) is 0 Å². The molecule has 0 N–H and O–H groups in total. The summed E-state index contributed by atoms with van der Waals surface area (Å²) in [6, 6.07) is 0.917. The van der Waals surface area contributed by atoms with Crippen LogP contribution < -0.4 is 0 Å². The Labute approximate surface area is 91.6 Å². The summed E-state index contributed by atoms with van der Waals surface area (Å²) in [7, 11) is 0.757. The Morgan fingerprint density at radius 3 is 2.50 bits per heavy atom. The van der Waals surface area contributed by atoms with Crippen LogP contribution in [0.15, 0.2) is 21.8 Å². The van der Waals surface area contributed by atoms with Gasteiger partial charge in [0.1, 0.15) is 9.50 Å². The first kappa shape index (κ1) is 11.8. The minimum Gasteiger partial charge on any atom is -0.248 e. The second kappa shape index (κ2) is 4.08. The van der Waals surface area contributed by atoms with E-state index in [9.17, 15) is 17.2 Å². The van der Waals surface area contributed by atoms with Crippen LogP contribution in [-0.4, -0.2) is 13.4 Å². The van der Waals surface area contributed by atoms with Crippen molar-refractivity contribution >= 4 is 35.7 Å². The van der Waals surface area contributed by atoms with Crippen LogP contribution >= 0.6 is 26.6 Å². The van der Waals surface area contributed by atoms with Crippen LogP contribution in [0.4, 0.5) is 8.78 Å². The van der Waals surface area contributed by atoms with E-state index in [1.165, 1.54) is 0 Å². The zero-order chi connectivity index (χ0) is 10.9. The molecule has 1 heterocycles. The van der Waals surface area contributed by atoms with Gasteiger partial charge in [-0.15, -0.1) is 0 Å². The quantitative estimate of drug-likeness (QED) is 0.623. The Bertz CT molecular complexity index is 451. The van der Waals surface area contributed by atoms with Gasteiger partial charge >= 0.3 is 0 Å². The summed E-state index contributed by atoms with van der Waals surface area (Å²) in [5.41, 5.74) is -0.665. The Morgan fingerprint density at radius 2 is 2.07 bits per heavy atom. The molecule has 0 unspecified atom stereocenters. The van der Waals surface area contributed by atoms with Crippen molar-refractivity contribution in [1.29, 1.82) is 0 Å². The molecular formula is C6H3BrClF2NO2S. The third kappa shape index (κ3) is 2.61. The van der Waals surface area contributed by atoms with Gasteiger partial charge in [0.25, 0.3) is 15.5 Å². The van der Waals surface area contributed by atoms with Crippen molar-refractivity contribution in [3.63, 3.8) is 0 Å². The van der Waals surface area contributed by atoms with Crippen molar-refractivity contribution < 1.29 is 17.2 Å². The lowest BCUT2D eigenvalue weighted by Crippen LogP contribution is -2.00. The fraction of sp³-hybridized carbons (Fsp3) is 0.167. The summed E-state index contributed by atoms with van der Waals surface area (Å²) in [5.74, 6) is 0. The largest absolute Gasteiger partial charge is 0.265 e. The number of pyridine rings is 1. The maximum Gasteiger partial charge on any atom is 0.265 e. The van der Waals surface area contributed by atoms with E-state index in [0.29, 0.717) is 0 Å². The SMILES string of the molecule is O=S(=O)(Cl)c1cnc(Br)cc1C(F)F. The lowest BCUT2D eigenvalue weighted by Gasteiger charge is -2.04. The zero-order valence-corrected chi connectivity index (χ0v) is 9.57. The zero-order valence-electron chi connectivity index (χ0n) is 6.42. The van der Waals surface area contributed by atoms with Crippen LogP contribution in [0.1, 0.15) is 12.0 Å². The number of rotatable bonds is 2. The third-order valence-electron chi connectivity index (χ3n) is 1.36. The monoisotopic (exact) mass is 305 g/mol. The summed E-state index contributed by atoms with van der Waals surface area (Å²) in [6.07, 6.45) is -2.13. The van der Waals surface area contributed by atoms with Crippen molar-refractivity contribution in [3.8, 4) is 0 Å². The Hall–Kier alpha value is -0.270. The number of aromatic nitrogens is 1. The molecule has 0 spiro atoms. The lowest BCUT2D eigenvalue weighted by molar-refractivity contribution is 0.147. The summed E-state index contributed by atoms with van der Waals surface area (Å²) >= 11 is 2.85. The van der Waals surface area contributed by atoms with Crippen LogP contribution in [0.2, 0.25) is 0 Å². The maximum atomic E-state index is 12.4. The Morgan fingerprint density at radius 1 is 1.50 bits per heavy atom. The predicted octanol–water partition coefficient (Wildman–Crippen LogP) is 2.71. The second-order valence-corrected chi connectivity index (χ2v) is 5.63. The molecule has 78 valence electrons. The maximum absolute atomic E-state index is 12.4. The van der Waals surface area contributed by atoms with E-state index in [0.717, 1.165) is 12.3 Å². The molecule has 0 atom stereocenters. The van der Waals surface area contributed by atoms with Gasteiger partial charge in [-0.2, -0.15) is 0 Å². The van der Waals surface area contributed by atoms with Gasteiger partial charge in [0.15, 0.2) is 0 Å². The van der Waals surface area contributed by atoms with Crippen LogP contribution in [-0.2, 0) is 9.05 Å². The second-order valence-electron chi connectivity index (χ2n) is 2.28. The highest BCUT2D eigenvalue weighted by Gasteiger charge is 2.22. The van der Waals surface area contributed by atoms with E-state index >= 15 is 0 Å². The van der Waals surface area contributed by atoms with Gasteiger partial charge in [-0.1, -0.05) is 0 Å². The molecule has 1 aromatic heterocycles. The van der Waals surface area contributed by atoms with Crippen molar-refractivity contribution in [2.75, 3.05) is 0 Å².